The van der Waals surface area contributed by atoms with Gasteiger partial charge in [0.25, 0.3) is 5.69 Å². The van der Waals surface area contributed by atoms with Crippen LogP contribution in [0.2, 0.25) is 10.0 Å². The lowest BCUT2D eigenvalue weighted by Crippen LogP contribution is -2.30. The average molecular weight is 409 g/mol. The van der Waals surface area contributed by atoms with Crippen LogP contribution in [0.15, 0.2) is 48.5 Å². The number of carbonyl (C=O) groups excluding carboxylic acids is 1. The molecule has 0 bridgehead atoms. The van der Waals surface area contributed by atoms with Crippen LogP contribution in [0, 0.1) is 10.1 Å². The maximum Gasteiger partial charge on any atom is 0.269 e. The molecule has 0 aliphatic carbocycles. The lowest BCUT2D eigenvalue weighted by atomic mass is 10.1. The molecule has 0 unspecified atom stereocenters. The molecule has 142 valence electrons. The van der Waals surface area contributed by atoms with Gasteiger partial charge in [0.15, 0.2) is 0 Å². The number of nitro groups is 1. The molecular formula is C19H18Cl2N2O4. The molecule has 0 fully saturated rings. The second-order valence-electron chi connectivity index (χ2n) is 5.77. The number of hydrogen-bond donors (Lipinski definition) is 1. The van der Waals surface area contributed by atoms with E-state index in [1.54, 1.807) is 41.3 Å². The van der Waals surface area contributed by atoms with Gasteiger partial charge in [-0.15, -0.1) is 0 Å². The molecule has 0 aliphatic heterocycles. The van der Waals surface area contributed by atoms with Crippen LogP contribution in [0.25, 0.3) is 6.08 Å². The number of aliphatic hydroxyl groups excluding tert-OH is 1. The Bertz CT molecular complexity index is 838. The minimum atomic E-state index is -0.480. The molecular weight excluding hydrogens is 391 g/mol. The Morgan fingerprint density at radius 1 is 1.15 bits per heavy atom. The van der Waals surface area contributed by atoms with Gasteiger partial charge in [-0.1, -0.05) is 29.3 Å². The van der Waals surface area contributed by atoms with E-state index in [2.05, 4.69) is 0 Å². The standard InChI is InChI=1S/C19H18Cl2N2O4/c20-17-8-4-15(12-18(17)21)13-22(10-1-11-24)19(25)9-5-14-2-6-16(7-3-14)23(26)27/h2-9,12,24H,1,10-11,13H2. The number of nitro benzene ring substituents is 1. The number of halogens is 2. The summed E-state index contributed by atoms with van der Waals surface area (Å²) in [5.41, 5.74) is 1.48. The van der Waals surface area contributed by atoms with Crippen LogP contribution in [0.1, 0.15) is 17.5 Å². The number of amides is 1. The van der Waals surface area contributed by atoms with E-state index >= 15 is 0 Å². The highest BCUT2D eigenvalue weighted by Gasteiger charge is 2.12. The highest BCUT2D eigenvalue weighted by Crippen LogP contribution is 2.23. The molecule has 0 heterocycles. The number of non-ortho nitro benzene ring substituents is 1. The molecule has 0 aliphatic rings. The van der Waals surface area contributed by atoms with Gasteiger partial charge in [-0.3, -0.25) is 14.9 Å². The van der Waals surface area contributed by atoms with E-state index in [1.807, 2.05) is 0 Å². The van der Waals surface area contributed by atoms with Crippen LogP contribution in [0.4, 0.5) is 5.69 Å². The molecule has 6 nitrogen and oxygen atoms in total. The Balaban J connectivity index is 2.10. The van der Waals surface area contributed by atoms with Crippen LogP contribution in [-0.4, -0.2) is 34.0 Å². The monoisotopic (exact) mass is 408 g/mol. The largest absolute Gasteiger partial charge is 0.396 e. The Hall–Kier alpha value is -2.41. The molecule has 0 radical (unpaired) electrons. The molecule has 0 spiro atoms. The summed E-state index contributed by atoms with van der Waals surface area (Å²) >= 11 is 11.9. The summed E-state index contributed by atoms with van der Waals surface area (Å²) in [6, 6.07) is 11.0. The van der Waals surface area contributed by atoms with Crippen molar-refractivity contribution in [3.05, 3.63) is 79.8 Å². The van der Waals surface area contributed by atoms with E-state index in [1.165, 1.54) is 18.2 Å². The van der Waals surface area contributed by atoms with Crippen molar-refractivity contribution in [2.24, 2.45) is 0 Å². The summed E-state index contributed by atoms with van der Waals surface area (Å²) in [4.78, 5) is 24.3. The van der Waals surface area contributed by atoms with Gasteiger partial charge in [0.1, 0.15) is 0 Å². The third-order valence-corrected chi connectivity index (χ3v) is 4.52. The Morgan fingerprint density at radius 3 is 2.44 bits per heavy atom. The quantitative estimate of drug-likeness (QED) is 0.400. The van der Waals surface area contributed by atoms with Crippen LogP contribution < -0.4 is 0 Å². The molecule has 1 N–H and O–H groups in total. The minimum absolute atomic E-state index is 0.0114. The number of benzene rings is 2. The SMILES string of the molecule is O=C(C=Cc1ccc([N+](=O)[O-])cc1)N(CCCO)Cc1ccc(Cl)c(Cl)c1. The van der Waals surface area contributed by atoms with Gasteiger partial charge in [0, 0.05) is 37.9 Å². The van der Waals surface area contributed by atoms with Crippen LogP contribution in [0.5, 0.6) is 0 Å². The van der Waals surface area contributed by atoms with E-state index in [0.717, 1.165) is 5.56 Å². The number of nitrogens with zero attached hydrogens (tertiary/aromatic N) is 2. The molecule has 27 heavy (non-hydrogen) atoms. The van der Waals surface area contributed by atoms with Crippen LogP contribution in [-0.2, 0) is 11.3 Å². The summed E-state index contributed by atoms with van der Waals surface area (Å²) in [6.07, 6.45) is 3.43. The molecule has 1 amide bonds. The summed E-state index contributed by atoms with van der Waals surface area (Å²) in [6.45, 7) is 0.664. The lowest BCUT2D eigenvalue weighted by molar-refractivity contribution is -0.384. The maximum atomic E-state index is 12.5. The normalized spacial score (nSPS) is 10.9. The van der Waals surface area contributed by atoms with Crippen molar-refractivity contribution in [2.75, 3.05) is 13.2 Å². The summed E-state index contributed by atoms with van der Waals surface area (Å²) in [5, 5.41) is 20.6. The van der Waals surface area contributed by atoms with E-state index in [-0.39, 0.29) is 18.2 Å². The maximum absolute atomic E-state index is 12.5. The van der Waals surface area contributed by atoms with E-state index in [9.17, 15) is 14.9 Å². The third kappa shape index (κ3) is 6.36. The summed E-state index contributed by atoms with van der Waals surface area (Å²) in [5.74, 6) is -0.243. The lowest BCUT2D eigenvalue weighted by Gasteiger charge is -2.21. The smallest absolute Gasteiger partial charge is 0.269 e. The van der Waals surface area contributed by atoms with Crippen molar-refractivity contribution in [3.8, 4) is 0 Å². The van der Waals surface area contributed by atoms with Crippen molar-refractivity contribution in [3.63, 3.8) is 0 Å². The Labute approximate surface area is 166 Å². The van der Waals surface area contributed by atoms with Crippen molar-refractivity contribution in [2.45, 2.75) is 13.0 Å². The second-order valence-corrected chi connectivity index (χ2v) is 6.58. The Morgan fingerprint density at radius 2 is 1.85 bits per heavy atom. The Kier molecular flexibility index (Phi) is 7.79. The molecule has 2 aromatic rings. The van der Waals surface area contributed by atoms with Gasteiger partial charge in [-0.05, 0) is 47.9 Å². The first-order chi connectivity index (χ1) is 12.9. The van der Waals surface area contributed by atoms with Gasteiger partial charge in [-0.2, -0.15) is 0 Å². The first kappa shape index (κ1) is 20.9. The zero-order valence-corrected chi connectivity index (χ0v) is 15.9. The predicted octanol–water partition coefficient (Wildman–Crippen LogP) is 4.33. The molecule has 0 saturated heterocycles. The number of rotatable bonds is 8. The molecule has 0 atom stereocenters. The van der Waals surface area contributed by atoms with Gasteiger partial charge >= 0.3 is 0 Å². The number of aliphatic hydroxyl groups is 1. The van der Waals surface area contributed by atoms with Crippen molar-refractivity contribution < 1.29 is 14.8 Å². The first-order valence-electron chi connectivity index (χ1n) is 8.17. The summed E-state index contributed by atoms with van der Waals surface area (Å²) < 4.78 is 0. The number of carbonyl (C=O) groups is 1. The predicted molar refractivity (Wildman–Crippen MR) is 106 cm³/mol. The van der Waals surface area contributed by atoms with Gasteiger partial charge in [-0.25, -0.2) is 0 Å². The number of hydrogen-bond acceptors (Lipinski definition) is 4. The molecule has 0 saturated carbocycles. The highest BCUT2D eigenvalue weighted by atomic mass is 35.5. The molecule has 8 heteroatoms. The fourth-order valence-corrected chi connectivity index (χ4v) is 2.69. The van der Waals surface area contributed by atoms with Gasteiger partial charge in [0.05, 0.1) is 15.0 Å². The zero-order valence-electron chi connectivity index (χ0n) is 14.3. The van der Waals surface area contributed by atoms with Crippen LogP contribution in [0.3, 0.4) is 0 Å². The molecule has 2 rings (SSSR count). The van der Waals surface area contributed by atoms with Gasteiger partial charge < -0.3 is 10.0 Å². The van der Waals surface area contributed by atoms with E-state index < -0.39 is 4.92 Å². The van der Waals surface area contributed by atoms with Gasteiger partial charge in [0.2, 0.25) is 5.91 Å². The molecule has 0 aromatic heterocycles. The minimum Gasteiger partial charge on any atom is -0.396 e. The van der Waals surface area contributed by atoms with Crippen LogP contribution >= 0.6 is 23.2 Å². The van der Waals surface area contributed by atoms with Crippen molar-refractivity contribution >= 4 is 40.9 Å². The topological polar surface area (TPSA) is 83.7 Å². The first-order valence-corrected chi connectivity index (χ1v) is 8.92. The zero-order chi connectivity index (χ0) is 19.8. The van der Waals surface area contributed by atoms with E-state index in [4.69, 9.17) is 28.3 Å². The fourth-order valence-electron chi connectivity index (χ4n) is 2.37. The third-order valence-electron chi connectivity index (χ3n) is 3.78. The molecule has 2 aromatic carbocycles. The highest BCUT2D eigenvalue weighted by molar-refractivity contribution is 6.42. The van der Waals surface area contributed by atoms with E-state index in [0.29, 0.717) is 35.1 Å². The second kappa shape index (κ2) is 10.1. The summed E-state index contributed by atoms with van der Waals surface area (Å²) in [7, 11) is 0. The fraction of sp³-hybridized carbons (Fsp3) is 0.211. The van der Waals surface area contributed by atoms with Crippen molar-refractivity contribution in [1.29, 1.82) is 0 Å². The van der Waals surface area contributed by atoms with Crippen molar-refractivity contribution in [1.82, 2.24) is 4.90 Å². The average Bonchev–Trinajstić information content (AvgIpc) is 2.66.